The van der Waals surface area contributed by atoms with Gasteiger partial charge in [-0.1, -0.05) is 18.2 Å². The summed E-state index contributed by atoms with van der Waals surface area (Å²) in [7, 11) is -1.48. The van der Waals surface area contributed by atoms with E-state index in [1.165, 1.54) is 0 Å². The first kappa shape index (κ1) is 9.13. The van der Waals surface area contributed by atoms with Crippen LogP contribution in [0.2, 0.25) is 0 Å². The van der Waals surface area contributed by atoms with Crippen LogP contribution in [0, 0.1) is 5.92 Å². The third-order valence-corrected chi connectivity index (χ3v) is 3.59. The molecule has 0 unspecified atom stereocenters. The highest BCUT2D eigenvalue weighted by Gasteiger charge is 2.43. The lowest BCUT2D eigenvalue weighted by atomic mass is 9.61. The maximum atomic E-state index is 11.9. The lowest BCUT2D eigenvalue weighted by Gasteiger charge is -2.41. The maximum absolute atomic E-state index is 11.9. The van der Waals surface area contributed by atoms with Gasteiger partial charge in [0.15, 0.2) is 5.78 Å². The van der Waals surface area contributed by atoms with Crippen molar-refractivity contribution in [3.63, 3.8) is 0 Å². The molecule has 1 fully saturated rings. The van der Waals surface area contributed by atoms with Gasteiger partial charge >= 0.3 is 7.12 Å². The molecule has 0 atom stereocenters. The fourth-order valence-corrected chi connectivity index (χ4v) is 2.61. The Kier molecular flexibility index (Phi) is 1.79. The number of carbonyl (C=O) groups is 1. The maximum Gasteiger partial charge on any atom is 0.488 e. The Morgan fingerprint density at radius 3 is 2.60 bits per heavy atom. The average Bonchev–Trinajstić information content (AvgIpc) is 2.15. The second-order valence-corrected chi connectivity index (χ2v) is 4.45. The van der Waals surface area contributed by atoms with Crippen molar-refractivity contribution >= 4 is 18.4 Å². The fourth-order valence-electron chi connectivity index (χ4n) is 2.61. The van der Waals surface area contributed by atoms with Crippen molar-refractivity contribution in [1.82, 2.24) is 0 Å². The van der Waals surface area contributed by atoms with Gasteiger partial charge in [0, 0.05) is 11.5 Å². The van der Waals surface area contributed by atoms with Crippen LogP contribution in [-0.4, -0.2) is 22.9 Å². The van der Waals surface area contributed by atoms with E-state index in [4.69, 9.17) is 10.0 Å². The van der Waals surface area contributed by atoms with Crippen LogP contribution in [0.4, 0.5) is 0 Å². The number of carbonyl (C=O) groups excluding carboxylic acids is 1. The molecule has 0 amide bonds. The highest BCUT2D eigenvalue weighted by atomic mass is 16.4. The zero-order valence-corrected chi connectivity index (χ0v) is 8.18. The molecule has 0 heterocycles. The van der Waals surface area contributed by atoms with E-state index in [0.29, 0.717) is 16.9 Å². The molecule has 0 aromatic heterocycles. The van der Waals surface area contributed by atoms with Crippen LogP contribution >= 0.6 is 0 Å². The minimum absolute atomic E-state index is 0.176. The third-order valence-electron chi connectivity index (χ3n) is 3.59. The van der Waals surface area contributed by atoms with Crippen molar-refractivity contribution in [3.8, 4) is 0 Å². The zero-order valence-electron chi connectivity index (χ0n) is 8.18. The molecule has 0 saturated heterocycles. The monoisotopic (exact) mass is 202 g/mol. The molecule has 3 aliphatic carbocycles. The van der Waals surface area contributed by atoms with Gasteiger partial charge in [-0.05, 0) is 29.8 Å². The van der Waals surface area contributed by atoms with Crippen LogP contribution in [-0.2, 0) is 0 Å². The number of Topliss-reactive ketones (excluding diaryl/α,β-unsaturated/α-hetero) is 1. The van der Waals surface area contributed by atoms with Crippen LogP contribution < -0.4 is 5.46 Å². The second kappa shape index (κ2) is 2.93. The Labute approximate surface area is 87.9 Å². The molecule has 2 bridgehead atoms. The summed E-state index contributed by atoms with van der Waals surface area (Å²) in [6.07, 6.45) is 1.96. The van der Waals surface area contributed by atoms with Crippen LogP contribution in [0.15, 0.2) is 18.2 Å². The molecule has 0 spiro atoms. The van der Waals surface area contributed by atoms with Crippen LogP contribution in [0.1, 0.15) is 34.7 Å². The van der Waals surface area contributed by atoms with E-state index in [0.717, 1.165) is 18.4 Å². The predicted molar refractivity (Wildman–Crippen MR) is 56.1 cm³/mol. The van der Waals surface area contributed by atoms with Crippen molar-refractivity contribution in [2.24, 2.45) is 5.92 Å². The van der Waals surface area contributed by atoms with Crippen LogP contribution in [0.5, 0.6) is 0 Å². The Morgan fingerprint density at radius 2 is 1.93 bits per heavy atom. The highest BCUT2D eigenvalue weighted by molar-refractivity contribution is 6.58. The van der Waals surface area contributed by atoms with Gasteiger partial charge < -0.3 is 10.0 Å². The third kappa shape index (κ3) is 1.18. The SMILES string of the molecule is O=C1c2cc(B(O)O)ccc2C2CC1C2. The molecule has 76 valence electrons. The first-order valence-electron chi connectivity index (χ1n) is 5.21. The van der Waals surface area contributed by atoms with E-state index in [2.05, 4.69) is 0 Å². The molecule has 2 N–H and O–H groups in total. The summed E-state index contributed by atoms with van der Waals surface area (Å²) in [5, 5.41) is 18.1. The summed E-state index contributed by atoms with van der Waals surface area (Å²) in [6, 6.07) is 5.18. The van der Waals surface area contributed by atoms with Crippen molar-refractivity contribution in [2.75, 3.05) is 0 Å². The highest BCUT2D eigenvalue weighted by Crippen LogP contribution is 2.49. The molecule has 4 heteroatoms. The van der Waals surface area contributed by atoms with E-state index in [1.54, 1.807) is 12.1 Å². The Bertz CT molecular complexity index is 435. The molecule has 0 aliphatic heterocycles. The number of rotatable bonds is 1. The van der Waals surface area contributed by atoms with E-state index in [9.17, 15) is 4.79 Å². The summed E-state index contributed by atoms with van der Waals surface area (Å²) < 4.78 is 0. The van der Waals surface area contributed by atoms with Gasteiger partial charge in [0.05, 0.1) is 0 Å². The molecule has 4 rings (SSSR count). The summed E-state index contributed by atoms with van der Waals surface area (Å²) in [5.41, 5.74) is 2.20. The number of ketones is 1. The van der Waals surface area contributed by atoms with E-state index < -0.39 is 7.12 Å². The first-order valence-corrected chi connectivity index (χ1v) is 5.21. The van der Waals surface area contributed by atoms with E-state index in [-0.39, 0.29) is 11.7 Å². The summed E-state index contributed by atoms with van der Waals surface area (Å²) in [5.74, 6) is 0.885. The minimum Gasteiger partial charge on any atom is -0.423 e. The molecule has 1 aromatic rings. The Balaban J connectivity index is 2.12. The van der Waals surface area contributed by atoms with Gasteiger partial charge in [0.2, 0.25) is 0 Å². The average molecular weight is 202 g/mol. The van der Waals surface area contributed by atoms with Gasteiger partial charge in [0.25, 0.3) is 0 Å². The van der Waals surface area contributed by atoms with Gasteiger partial charge in [-0.2, -0.15) is 0 Å². The van der Waals surface area contributed by atoms with Gasteiger partial charge in [-0.25, -0.2) is 0 Å². The fraction of sp³-hybridized carbons (Fsp3) is 0.364. The number of hydrogen-bond acceptors (Lipinski definition) is 3. The quantitative estimate of drug-likeness (QED) is 0.633. The summed E-state index contributed by atoms with van der Waals surface area (Å²) in [4.78, 5) is 11.9. The Hall–Kier alpha value is -1.13. The van der Waals surface area contributed by atoms with Gasteiger partial charge in [-0.15, -0.1) is 0 Å². The molecule has 15 heavy (non-hydrogen) atoms. The van der Waals surface area contributed by atoms with Crippen molar-refractivity contribution < 1.29 is 14.8 Å². The molecular weight excluding hydrogens is 191 g/mol. The Morgan fingerprint density at radius 1 is 1.20 bits per heavy atom. The predicted octanol–water partition coefficient (Wildman–Crippen LogP) is 0.0563. The zero-order chi connectivity index (χ0) is 10.6. The molecular formula is C11H11BO3. The summed E-state index contributed by atoms with van der Waals surface area (Å²) in [6.45, 7) is 0. The largest absolute Gasteiger partial charge is 0.488 e. The van der Waals surface area contributed by atoms with E-state index >= 15 is 0 Å². The number of benzene rings is 1. The number of hydrogen-bond donors (Lipinski definition) is 2. The van der Waals surface area contributed by atoms with Crippen molar-refractivity contribution in [1.29, 1.82) is 0 Å². The summed E-state index contributed by atoms with van der Waals surface area (Å²) >= 11 is 0. The standard InChI is InChI=1S/C11H11BO3/c13-11-7-3-6(4-7)9-2-1-8(12(14)15)5-10(9)11/h1-2,5-7,14-15H,3-4H2. The topological polar surface area (TPSA) is 57.5 Å². The van der Waals surface area contributed by atoms with Crippen molar-refractivity contribution in [2.45, 2.75) is 18.8 Å². The lowest BCUT2D eigenvalue weighted by Crippen LogP contribution is -2.39. The van der Waals surface area contributed by atoms with Crippen LogP contribution in [0.25, 0.3) is 0 Å². The van der Waals surface area contributed by atoms with Crippen molar-refractivity contribution in [3.05, 3.63) is 29.3 Å². The van der Waals surface area contributed by atoms with E-state index in [1.807, 2.05) is 6.07 Å². The van der Waals surface area contributed by atoms with Gasteiger partial charge in [-0.3, -0.25) is 4.79 Å². The lowest BCUT2D eigenvalue weighted by molar-refractivity contribution is 0.0793. The van der Waals surface area contributed by atoms with Gasteiger partial charge in [0.1, 0.15) is 0 Å². The molecule has 1 aromatic carbocycles. The smallest absolute Gasteiger partial charge is 0.423 e. The first-order chi connectivity index (χ1) is 7.16. The molecule has 3 aliphatic rings. The minimum atomic E-state index is -1.48. The second-order valence-electron chi connectivity index (χ2n) is 4.45. The van der Waals surface area contributed by atoms with Crippen LogP contribution in [0.3, 0.4) is 0 Å². The molecule has 1 saturated carbocycles. The normalized spacial score (nSPS) is 26.9. The molecule has 3 nitrogen and oxygen atoms in total. The molecule has 0 radical (unpaired) electrons.